The summed E-state index contributed by atoms with van der Waals surface area (Å²) in [5.41, 5.74) is 0.890. The van der Waals surface area contributed by atoms with E-state index >= 15 is 0 Å². The number of hydrogen-bond donors (Lipinski definition) is 3. The summed E-state index contributed by atoms with van der Waals surface area (Å²) in [7, 11) is 1.23. The number of aliphatic hydroxyl groups is 1. The highest BCUT2D eigenvalue weighted by molar-refractivity contribution is 5.89. The van der Waals surface area contributed by atoms with Gasteiger partial charge < -0.3 is 29.5 Å². The number of methoxy groups -OCH3 is 1. The molecule has 0 saturated heterocycles. The van der Waals surface area contributed by atoms with Crippen molar-refractivity contribution in [3.05, 3.63) is 35.6 Å². The van der Waals surface area contributed by atoms with Gasteiger partial charge in [0.25, 0.3) is 0 Å². The maximum absolute atomic E-state index is 12.1. The number of ether oxygens (including phenoxy) is 3. The second-order valence-corrected chi connectivity index (χ2v) is 5.94. The highest BCUT2D eigenvalue weighted by Crippen LogP contribution is 2.30. The van der Waals surface area contributed by atoms with E-state index in [2.05, 4.69) is 4.74 Å². The van der Waals surface area contributed by atoms with Crippen LogP contribution < -0.4 is 0 Å². The average molecular weight is 366 g/mol. The fourth-order valence-corrected chi connectivity index (χ4v) is 2.74. The van der Waals surface area contributed by atoms with E-state index in [4.69, 9.17) is 9.47 Å². The lowest BCUT2D eigenvalue weighted by molar-refractivity contribution is -0.145. The minimum atomic E-state index is -0.611. The van der Waals surface area contributed by atoms with Crippen molar-refractivity contribution >= 4 is 11.9 Å². The smallest absolute Gasteiger partial charge is 0.337 e. The summed E-state index contributed by atoms with van der Waals surface area (Å²) in [5, 5.41) is 28.2. The van der Waals surface area contributed by atoms with Gasteiger partial charge >= 0.3 is 11.9 Å². The number of carbonyl (C=O) groups is 2. The molecule has 1 aromatic carbocycles. The molecule has 142 valence electrons. The van der Waals surface area contributed by atoms with Gasteiger partial charge in [-0.1, -0.05) is 6.07 Å². The maximum Gasteiger partial charge on any atom is 0.337 e. The molecule has 2 unspecified atom stereocenters. The van der Waals surface area contributed by atoms with Gasteiger partial charge in [0.1, 0.15) is 0 Å². The molecule has 0 amide bonds. The number of esters is 2. The predicted molar refractivity (Wildman–Crippen MR) is 89.2 cm³/mol. The zero-order valence-corrected chi connectivity index (χ0v) is 14.4. The van der Waals surface area contributed by atoms with Crippen LogP contribution in [0.2, 0.25) is 0 Å². The van der Waals surface area contributed by atoms with Crippen molar-refractivity contribution in [1.82, 2.24) is 0 Å². The highest BCUT2D eigenvalue weighted by Gasteiger charge is 2.35. The maximum atomic E-state index is 12.1. The monoisotopic (exact) mass is 366 g/mol. The molecule has 1 heterocycles. The largest absolute Gasteiger partial charge is 0.504 e. The Labute approximate surface area is 150 Å². The first-order chi connectivity index (χ1) is 12.5. The van der Waals surface area contributed by atoms with E-state index < -0.39 is 23.8 Å². The molecule has 0 bridgehead atoms. The van der Waals surface area contributed by atoms with Crippen molar-refractivity contribution in [2.45, 2.75) is 12.8 Å². The molecular formula is C18H22O8. The first-order valence-corrected chi connectivity index (χ1v) is 8.13. The normalized spacial score (nSPS) is 19.2. The summed E-state index contributed by atoms with van der Waals surface area (Å²) in [6.07, 6.45) is 1.53. The van der Waals surface area contributed by atoms with E-state index in [1.807, 2.05) is 0 Å². The van der Waals surface area contributed by atoms with Crippen LogP contribution in [0.15, 0.2) is 30.0 Å². The summed E-state index contributed by atoms with van der Waals surface area (Å²) in [4.78, 5) is 24.0. The molecule has 0 fully saturated rings. The van der Waals surface area contributed by atoms with E-state index in [0.29, 0.717) is 12.0 Å². The van der Waals surface area contributed by atoms with Gasteiger partial charge in [0.2, 0.25) is 0 Å². The fraction of sp³-hybridized carbons (Fsp3) is 0.444. The van der Waals surface area contributed by atoms with Crippen molar-refractivity contribution < 1.29 is 39.1 Å². The van der Waals surface area contributed by atoms with Crippen LogP contribution in [-0.2, 0) is 30.2 Å². The minimum Gasteiger partial charge on any atom is -0.504 e. The molecule has 8 nitrogen and oxygen atoms in total. The van der Waals surface area contributed by atoms with Crippen molar-refractivity contribution in [2.75, 3.05) is 26.9 Å². The van der Waals surface area contributed by atoms with Crippen LogP contribution in [0.3, 0.4) is 0 Å². The highest BCUT2D eigenvalue weighted by atomic mass is 16.5. The van der Waals surface area contributed by atoms with E-state index in [0.717, 1.165) is 0 Å². The van der Waals surface area contributed by atoms with Crippen molar-refractivity contribution in [1.29, 1.82) is 0 Å². The lowest BCUT2D eigenvalue weighted by atomic mass is 9.83. The van der Waals surface area contributed by atoms with Crippen LogP contribution in [0.25, 0.3) is 0 Å². The number of phenolic OH excluding ortho intramolecular Hbond substituents is 2. The molecule has 1 aromatic rings. The third-order valence-corrected chi connectivity index (χ3v) is 4.22. The number of hydrogen-bond acceptors (Lipinski definition) is 8. The summed E-state index contributed by atoms with van der Waals surface area (Å²) in [6, 6.07) is 4.36. The average Bonchev–Trinajstić information content (AvgIpc) is 2.64. The number of aliphatic hydroxyl groups excluding tert-OH is 1. The number of aromatic hydroxyl groups is 2. The Balaban J connectivity index is 1.91. The number of rotatable bonds is 7. The topological polar surface area (TPSA) is 123 Å². The van der Waals surface area contributed by atoms with Gasteiger partial charge in [-0.25, -0.2) is 4.79 Å². The first-order valence-electron chi connectivity index (χ1n) is 8.13. The molecule has 2 atom stereocenters. The molecule has 1 aliphatic rings. The molecule has 0 radical (unpaired) electrons. The van der Waals surface area contributed by atoms with E-state index in [9.17, 15) is 24.9 Å². The summed E-state index contributed by atoms with van der Waals surface area (Å²) >= 11 is 0. The van der Waals surface area contributed by atoms with Gasteiger partial charge in [-0.15, -0.1) is 0 Å². The van der Waals surface area contributed by atoms with Crippen LogP contribution in [0.1, 0.15) is 12.0 Å². The van der Waals surface area contributed by atoms with Crippen molar-refractivity contribution in [3.8, 4) is 11.5 Å². The summed E-state index contributed by atoms with van der Waals surface area (Å²) in [6.45, 7) is 0.0358. The van der Waals surface area contributed by atoms with Gasteiger partial charge in [0.05, 0.1) is 38.6 Å². The van der Waals surface area contributed by atoms with Gasteiger partial charge in [-0.2, -0.15) is 0 Å². The van der Waals surface area contributed by atoms with Crippen LogP contribution in [-0.4, -0.2) is 54.2 Å². The predicted octanol–water partition coefficient (Wildman–Crippen LogP) is 0.885. The lowest BCUT2D eigenvalue weighted by Gasteiger charge is -2.29. The van der Waals surface area contributed by atoms with Gasteiger partial charge in [0, 0.05) is 24.9 Å². The minimum absolute atomic E-state index is 0.0767. The SMILES string of the molecule is COC(=O)C1=COCC(CO)C1CC(=O)OCCc1ccc(O)c(O)c1. The molecule has 0 spiro atoms. The Hall–Kier alpha value is -2.74. The Bertz CT molecular complexity index is 682. The van der Waals surface area contributed by atoms with Crippen LogP contribution in [0.5, 0.6) is 11.5 Å². The van der Waals surface area contributed by atoms with Crippen LogP contribution in [0, 0.1) is 11.8 Å². The van der Waals surface area contributed by atoms with Crippen LogP contribution in [0.4, 0.5) is 0 Å². The Morgan fingerprint density at radius 3 is 2.69 bits per heavy atom. The third-order valence-electron chi connectivity index (χ3n) is 4.22. The molecule has 1 aliphatic heterocycles. The molecular weight excluding hydrogens is 344 g/mol. The Kier molecular flexibility index (Phi) is 6.85. The van der Waals surface area contributed by atoms with Crippen LogP contribution >= 0.6 is 0 Å². The first kappa shape index (κ1) is 19.6. The van der Waals surface area contributed by atoms with Gasteiger partial charge in [-0.3, -0.25) is 4.79 Å². The molecule has 2 rings (SSSR count). The van der Waals surface area contributed by atoms with Gasteiger partial charge in [-0.05, 0) is 17.7 Å². The standard InChI is InChI=1S/C18H22O8/c1-24-18(23)14-10-25-9-12(8-19)13(14)7-17(22)26-5-4-11-2-3-15(20)16(21)6-11/h2-3,6,10,12-13,19-21H,4-5,7-9H2,1H3. The molecule has 0 aromatic heterocycles. The second-order valence-electron chi connectivity index (χ2n) is 5.94. The van der Waals surface area contributed by atoms with Gasteiger partial charge in [0.15, 0.2) is 11.5 Å². The molecule has 26 heavy (non-hydrogen) atoms. The van der Waals surface area contributed by atoms with E-state index in [1.54, 1.807) is 6.07 Å². The van der Waals surface area contributed by atoms with E-state index in [1.165, 1.54) is 25.5 Å². The Morgan fingerprint density at radius 1 is 1.27 bits per heavy atom. The molecule has 0 aliphatic carbocycles. The molecule has 3 N–H and O–H groups in total. The summed E-state index contributed by atoms with van der Waals surface area (Å²) < 4.78 is 15.0. The molecule has 8 heteroatoms. The quantitative estimate of drug-likeness (QED) is 0.480. The fourth-order valence-electron chi connectivity index (χ4n) is 2.74. The Morgan fingerprint density at radius 2 is 2.04 bits per heavy atom. The number of phenols is 2. The zero-order chi connectivity index (χ0) is 19.1. The van der Waals surface area contributed by atoms with E-state index in [-0.39, 0.29) is 43.3 Å². The van der Waals surface area contributed by atoms with Crippen molar-refractivity contribution in [2.24, 2.45) is 11.8 Å². The number of benzene rings is 1. The third kappa shape index (κ3) is 4.89. The van der Waals surface area contributed by atoms with Crippen molar-refractivity contribution in [3.63, 3.8) is 0 Å². The second kappa shape index (κ2) is 9.10. The zero-order valence-electron chi connectivity index (χ0n) is 14.4. The lowest BCUT2D eigenvalue weighted by Crippen LogP contribution is -2.33. The molecule has 0 saturated carbocycles. The summed E-state index contributed by atoms with van der Waals surface area (Å²) in [5.74, 6) is -2.55. The number of carbonyl (C=O) groups excluding carboxylic acids is 2.